The minimum Gasteiger partial charge on any atom is -0.399 e. The van der Waals surface area contributed by atoms with Gasteiger partial charge in [0, 0.05) is 44.0 Å². The Kier molecular flexibility index (Phi) is 9.36. The van der Waals surface area contributed by atoms with Gasteiger partial charge in [0.05, 0.1) is 0 Å². The SMILES string of the molecule is CC(C)C(=O)c1cc(C(=O)Nc2ccccc2)cc(C(=O)Nc2cccc(N)c2)c1.CCC.[HH].[HH].[HH]. The summed E-state index contributed by atoms with van der Waals surface area (Å²) in [5.74, 6) is -1.27. The molecule has 3 rings (SSSR count). The fourth-order valence-electron chi connectivity index (χ4n) is 2.91. The number of rotatable bonds is 6. The van der Waals surface area contributed by atoms with Crippen molar-refractivity contribution < 1.29 is 18.7 Å². The Morgan fingerprint density at radius 1 is 0.758 bits per heavy atom. The van der Waals surface area contributed by atoms with Gasteiger partial charge in [0.2, 0.25) is 0 Å². The van der Waals surface area contributed by atoms with Crippen LogP contribution >= 0.6 is 0 Å². The van der Waals surface area contributed by atoms with Crippen LogP contribution in [0.1, 0.15) is 69.5 Å². The molecule has 0 bridgehead atoms. The molecule has 6 nitrogen and oxygen atoms in total. The van der Waals surface area contributed by atoms with E-state index in [9.17, 15) is 14.4 Å². The smallest absolute Gasteiger partial charge is 0.255 e. The minimum absolute atomic E-state index is 0. The number of nitrogen functional groups attached to an aromatic ring is 1. The van der Waals surface area contributed by atoms with Gasteiger partial charge in [-0.05, 0) is 48.5 Å². The fraction of sp³-hybridized carbons (Fsp3) is 0.222. The Morgan fingerprint density at radius 2 is 1.24 bits per heavy atom. The van der Waals surface area contributed by atoms with Gasteiger partial charge in [0.15, 0.2) is 5.78 Å². The molecule has 6 heteroatoms. The van der Waals surface area contributed by atoms with Gasteiger partial charge in [-0.25, -0.2) is 0 Å². The average molecular weight is 452 g/mol. The van der Waals surface area contributed by atoms with Crippen molar-refractivity contribution in [3.8, 4) is 0 Å². The van der Waals surface area contributed by atoms with Crippen LogP contribution < -0.4 is 16.4 Å². The zero-order valence-electron chi connectivity index (χ0n) is 19.5. The van der Waals surface area contributed by atoms with Crippen LogP contribution in [0, 0.1) is 5.92 Å². The molecule has 2 amide bonds. The van der Waals surface area contributed by atoms with Crippen molar-refractivity contribution in [2.24, 2.45) is 5.92 Å². The molecule has 3 aromatic rings. The van der Waals surface area contributed by atoms with Gasteiger partial charge >= 0.3 is 0 Å². The van der Waals surface area contributed by atoms with E-state index in [4.69, 9.17) is 5.73 Å². The van der Waals surface area contributed by atoms with Gasteiger partial charge in [-0.15, -0.1) is 0 Å². The Morgan fingerprint density at radius 3 is 1.76 bits per heavy atom. The molecular weight excluding hydrogens is 414 g/mol. The van der Waals surface area contributed by atoms with Crippen molar-refractivity contribution >= 4 is 34.7 Å². The van der Waals surface area contributed by atoms with Crippen LogP contribution in [0.4, 0.5) is 17.1 Å². The highest BCUT2D eigenvalue weighted by molar-refractivity contribution is 6.11. The largest absolute Gasteiger partial charge is 0.399 e. The lowest BCUT2D eigenvalue weighted by atomic mass is 9.96. The van der Waals surface area contributed by atoms with Crippen molar-refractivity contribution in [3.05, 3.63) is 89.5 Å². The molecule has 33 heavy (non-hydrogen) atoms. The summed E-state index contributed by atoms with van der Waals surface area (Å²) in [6, 6.07) is 20.2. The number of para-hydroxylation sites is 1. The maximum Gasteiger partial charge on any atom is 0.255 e. The van der Waals surface area contributed by atoms with Crippen LogP contribution in [0.25, 0.3) is 0 Å². The van der Waals surface area contributed by atoms with E-state index < -0.39 is 11.8 Å². The third-order valence-corrected chi connectivity index (χ3v) is 4.44. The molecule has 0 unspecified atom stereocenters. The molecular formula is C27H37N3O3. The molecule has 0 saturated heterocycles. The second-order valence-corrected chi connectivity index (χ2v) is 7.92. The predicted octanol–water partition coefficient (Wildman–Crippen LogP) is 6.77. The van der Waals surface area contributed by atoms with Crippen LogP contribution in [-0.2, 0) is 0 Å². The third-order valence-electron chi connectivity index (χ3n) is 4.44. The van der Waals surface area contributed by atoms with E-state index in [0.29, 0.717) is 22.6 Å². The number of ketones is 1. The maximum atomic E-state index is 12.8. The van der Waals surface area contributed by atoms with E-state index in [1.54, 1.807) is 62.4 Å². The summed E-state index contributed by atoms with van der Waals surface area (Å²) in [5, 5.41) is 5.53. The van der Waals surface area contributed by atoms with Crippen molar-refractivity contribution in [1.82, 2.24) is 0 Å². The number of hydrogen-bond donors (Lipinski definition) is 3. The van der Waals surface area contributed by atoms with Crippen LogP contribution in [0.15, 0.2) is 72.8 Å². The van der Waals surface area contributed by atoms with Crippen LogP contribution in [-0.4, -0.2) is 17.6 Å². The van der Waals surface area contributed by atoms with Gasteiger partial charge < -0.3 is 16.4 Å². The quantitative estimate of drug-likeness (QED) is 0.284. The first-order valence-corrected chi connectivity index (χ1v) is 11.0. The first-order valence-electron chi connectivity index (χ1n) is 11.0. The topological polar surface area (TPSA) is 101 Å². The van der Waals surface area contributed by atoms with E-state index in [-0.39, 0.29) is 27.1 Å². The highest BCUT2D eigenvalue weighted by Crippen LogP contribution is 2.19. The number of anilines is 3. The van der Waals surface area contributed by atoms with E-state index in [2.05, 4.69) is 24.5 Å². The van der Waals surface area contributed by atoms with Crippen molar-refractivity contribution in [3.63, 3.8) is 0 Å². The number of hydrogen-bond acceptors (Lipinski definition) is 4. The molecule has 4 N–H and O–H groups in total. The zero-order valence-corrected chi connectivity index (χ0v) is 19.5. The lowest BCUT2D eigenvalue weighted by molar-refractivity contribution is 0.0939. The first kappa shape index (κ1) is 25.3. The monoisotopic (exact) mass is 451 g/mol. The summed E-state index contributed by atoms with van der Waals surface area (Å²) < 4.78 is 0. The van der Waals surface area contributed by atoms with Gasteiger partial charge in [0.1, 0.15) is 0 Å². The van der Waals surface area contributed by atoms with E-state index in [1.807, 2.05) is 6.07 Å². The van der Waals surface area contributed by atoms with Gasteiger partial charge in [0.25, 0.3) is 11.8 Å². The summed E-state index contributed by atoms with van der Waals surface area (Å²) in [6.45, 7) is 7.79. The molecule has 3 aromatic carbocycles. The standard InChI is InChI=1S/C24H23N3O3.C3H8.3H2/c1-15(2)22(28)16-11-17(23(29)26-20-8-4-3-5-9-20)13-18(12-16)24(30)27-21-10-6-7-19(25)14-21;1-3-2;;;/h3-15H,25H2,1-2H3,(H,26,29)(H,27,30);3H2,1-2H3;3*1H. The summed E-state index contributed by atoms with van der Waals surface area (Å²) in [4.78, 5) is 38.1. The molecule has 0 aromatic heterocycles. The fourth-order valence-corrected chi connectivity index (χ4v) is 2.91. The first-order chi connectivity index (χ1) is 15.7. The van der Waals surface area contributed by atoms with E-state index in [1.165, 1.54) is 24.6 Å². The average Bonchev–Trinajstić information content (AvgIpc) is 2.79. The number of Topliss-reactive ketones (excluding diaryl/α,β-unsaturated/α-hetero) is 1. The number of benzene rings is 3. The van der Waals surface area contributed by atoms with Crippen molar-refractivity contribution in [1.29, 1.82) is 0 Å². The zero-order chi connectivity index (χ0) is 24.4. The van der Waals surface area contributed by atoms with Crippen molar-refractivity contribution in [2.75, 3.05) is 16.4 Å². The Labute approximate surface area is 199 Å². The number of carbonyl (C=O) groups excluding carboxylic acids is 3. The van der Waals surface area contributed by atoms with Gasteiger partial charge in [-0.2, -0.15) is 0 Å². The number of nitrogens with two attached hydrogens (primary N) is 1. The third kappa shape index (κ3) is 7.61. The van der Waals surface area contributed by atoms with Gasteiger partial charge in [-0.1, -0.05) is 58.4 Å². The number of nitrogens with one attached hydrogen (secondary N) is 2. The van der Waals surface area contributed by atoms with E-state index in [0.717, 1.165) is 0 Å². The summed E-state index contributed by atoms with van der Waals surface area (Å²) >= 11 is 0. The predicted molar refractivity (Wildman–Crippen MR) is 141 cm³/mol. The summed E-state index contributed by atoms with van der Waals surface area (Å²) in [7, 11) is 0. The molecule has 0 radical (unpaired) electrons. The molecule has 178 valence electrons. The molecule has 0 spiro atoms. The summed E-state index contributed by atoms with van der Waals surface area (Å²) in [5.41, 5.74) is 8.16. The molecule has 0 aliphatic heterocycles. The van der Waals surface area contributed by atoms with Crippen LogP contribution in [0.3, 0.4) is 0 Å². The normalized spacial score (nSPS) is 10.1. The number of amides is 2. The Bertz CT molecular complexity index is 1120. The Balaban J connectivity index is 0. The molecule has 0 aliphatic carbocycles. The molecule has 0 fully saturated rings. The highest BCUT2D eigenvalue weighted by Gasteiger charge is 2.18. The second kappa shape index (κ2) is 12.2. The minimum atomic E-state index is -0.437. The lowest BCUT2D eigenvalue weighted by Gasteiger charge is -2.12. The maximum absolute atomic E-state index is 12.8. The second-order valence-electron chi connectivity index (χ2n) is 7.92. The van der Waals surface area contributed by atoms with Crippen molar-refractivity contribution in [2.45, 2.75) is 34.1 Å². The molecule has 0 atom stereocenters. The molecule has 0 aliphatic rings. The molecule has 0 heterocycles. The van der Waals surface area contributed by atoms with Crippen LogP contribution in [0.2, 0.25) is 0 Å². The Hall–Kier alpha value is -3.93. The van der Waals surface area contributed by atoms with Gasteiger partial charge in [-0.3, -0.25) is 14.4 Å². The number of carbonyl (C=O) groups is 3. The van der Waals surface area contributed by atoms with Crippen LogP contribution in [0.5, 0.6) is 0 Å². The summed E-state index contributed by atoms with van der Waals surface area (Å²) in [6.07, 6.45) is 1.25. The van der Waals surface area contributed by atoms with E-state index >= 15 is 0 Å². The highest BCUT2D eigenvalue weighted by atomic mass is 16.2. The lowest BCUT2D eigenvalue weighted by Crippen LogP contribution is -2.18. The molecule has 0 saturated carbocycles.